The van der Waals surface area contributed by atoms with Crippen molar-refractivity contribution < 1.29 is 27.5 Å². The van der Waals surface area contributed by atoms with E-state index in [0.717, 1.165) is 32.4 Å². The monoisotopic (exact) mass is 467 g/mol. The molecule has 0 radical (unpaired) electrons. The molecule has 2 saturated heterocycles. The number of nitrogens with two attached hydrogens (primary N) is 1. The molecule has 12 heteroatoms. The van der Waals surface area contributed by atoms with Gasteiger partial charge in [-0.05, 0) is 31.2 Å². The normalized spacial score (nSPS) is 22.0. The van der Waals surface area contributed by atoms with Crippen molar-refractivity contribution >= 4 is 33.6 Å². The molecular formula is C20H29N5O6S. The minimum Gasteiger partial charge on any atom is -0.468 e. The number of hydrogen-bond acceptors (Lipinski definition) is 8. The van der Waals surface area contributed by atoms with Crippen LogP contribution in [0.2, 0.25) is 0 Å². The molecule has 2 aliphatic heterocycles. The van der Waals surface area contributed by atoms with E-state index in [-0.39, 0.29) is 24.0 Å². The molecule has 2 heterocycles. The molecule has 176 valence electrons. The predicted octanol–water partition coefficient (Wildman–Crippen LogP) is -0.144. The van der Waals surface area contributed by atoms with Crippen LogP contribution in [0.1, 0.15) is 12.5 Å². The van der Waals surface area contributed by atoms with Crippen LogP contribution in [0.25, 0.3) is 0 Å². The number of hydrogen-bond donors (Lipinski definition) is 1. The zero-order chi connectivity index (χ0) is 23.5. The van der Waals surface area contributed by atoms with Gasteiger partial charge in [-0.15, -0.1) is 4.40 Å². The van der Waals surface area contributed by atoms with Gasteiger partial charge in [-0.3, -0.25) is 19.5 Å². The summed E-state index contributed by atoms with van der Waals surface area (Å²) in [6.07, 6.45) is 0.260. The number of esters is 1. The molecule has 2 unspecified atom stereocenters. The Balaban J connectivity index is 1.55. The maximum atomic E-state index is 12.4. The second-order valence-corrected chi connectivity index (χ2v) is 9.56. The highest BCUT2D eigenvalue weighted by Crippen LogP contribution is 2.23. The van der Waals surface area contributed by atoms with Crippen LogP contribution >= 0.6 is 0 Å². The summed E-state index contributed by atoms with van der Waals surface area (Å²) >= 11 is 0. The molecule has 32 heavy (non-hydrogen) atoms. The number of carbonyl (C=O) groups excluding carboxylic acids is 2. The Labute approximate surface area is 187 Å². The first-order valence-electron chi connectivity index (χ1n) is 10.3. The summed E-state index contributed by atoms with van der Waals surface area (Å²) in [5.41, 5.74) is 6.80. The third-order valence-electron chi connectivity index (χ3n) is 5.57. The zero-order valence-corrected chi connectivity index (χ0v) is 19.2. The van der Waals surface area contributed by atoms with Crippen LogP contribution in [0.4, 0.5) is 10.5 Å². The molecule has 0 aromatic heterocycles. The van der Waals surface area contributed by atoms with Crippen molar-refractivity contribution in [3.8, 4) is 0 Å². The van der Waals surface area contributed by atoms with Gasteiger partial charge < -0.3 is 15.2 Å². The quantitative estimate of drug-likeness (QED) is 0.330. The topological polar surface area (TPSA) is 135 Å². The van der Waals surface area contributed by atoms with Crippen molar-refractivity contribution in [1.29, 1.82) is 0 Å². The van der Waals surface area contributed by atoms with Gasteiger partial charge in [0.1, 0.15) is 18.0 Å². The lowest BCUT2D eigenvalue weighted by atomic mass is 10.2. The first-order chi connectivity index (χ1) is 15.1. The van der Waals surface area contributed by atoms with E-state index in [0.29, 0.717) is 24.3 Å². The van der Waals surface area contributed by atoms with Crippen LogP contribution in [0, 0.1) is 0 Å². The van der Waals surface area contributed by atoms with Gasteiger partial charge in [0.25, 0.3) is 10.0 Å². The highest BCUT2D eigenvalue weighted by Gasteiger charge is 2.35. The number of benzene rings is 1. The Morgan fingerprint density at radius 1 is 1.25 bits per heavy atom. The van der Waals surface area contributed by atoms with E-state index in [1.807, 2.05) is 6.92 Å². The van der Waals surface area contributed by atoms with Gasteiger partial charge >= 0.3 is 12.1 Å². The van der Waals surface area contributed by atoms with Crippen LogP contribution in [-0.2, 0) is 24.3 Å². The van der Waals surface area contributed by atoms with E-state index in [2.05, 4.69) is 14.2 Å². The lowest BCUT2D eigenvalue weighted by Gasteiger charge is -2.37. The molecule has 3 rings (SSSR count). The Hall–Kier alpha value is -2.70. The molecule has 0 bridgehead atoms. The van der Waals surface area contributed by atoms with Crippen LogP contribution in [0.15, 0.2) is 28.7 Å². The molecule has 2 fully saturated rings. The number of anilines is 1. The number of cyclic esters (lactones) is 1. The summed E-state index contributed by atoms with van der Waals surface area (Å²) < 4.78 is 36.3. The molecule has 0 aliphatic carbocycles. The van der Waals surface area contributed by atoms with Gasteiger partial charge in [0.05, 0.1) is 19.9 Å². The Kier molecular flexibility index (Phi) is 7.36. The Bertz CT molecular complexity index is 973. The summed E-state index contributed by atoms with van der Waals surface area (Å²) in [5, 5.41) is 0. The first-order valence-corrected chi connectivity index (χ1v) is 12.1. The van der Waals surface area contributed by atoms with Crippen LogP contribution in [-0.4, -0.2) is 101 Å². The molecular weight excluding hydrogens is 438 g/mol. The number of piperazine rings is 1. The first kappa shape index (κ1) is 24.0. The molecule has 11 nitrogen and oxygen atoms in total. The molecule has 0 saturated carbocycles. The molecule has 2 aliphatic rings. The summed E-state index contributed by atoms with van der Waals surface area (Å²) in [7, 11) is -2.20. The lowest BCUT2D eigenvalue weighted by Crippen LogP contribution is -2.53. The van der Waals surface area contributed by atoms with Gasteiger partial charge in [-0.2, -0.15) is 0 Å². The van der Waals surface area contributed by atoms with Gasteiger partial charge in [0.2, 0.25) is 0 Å². The Morgan fingerprint density at radius 2 is 1.88 bits per heavy atom. The van der Waals surface area contributed by atoms with Crippen molar-refractivity contribution in [3.63, 3.8) is 0 Å². The minimum absolute atomic E-state index is 0.110. The van der Waals surface area contributed by atoms with Crippen molar-refractivity contribution in [2.24, 2.45) is 10.1 Å². The third-order valence-corrected chi connectivity index (χ3v) is 6.10. The largest absolute Gasteiger partial charge is 0.468 e. The SMILES string of the molecule is COC(=O)C(C)N1CCN(CC2CN(c3ccc(C(N)=NS(C)(=O)=O)cc3)C(=O)O2)CC1. The smallest absolute Gasteiger partial charge is 0.414 e. The van der Waals surface area contributed by atoms with Crippen molar-refractivity contribution in [1.82, 2.24) is 9.80 Å². The maximum absolute atomic E-state index is 12.4. The fraction of sp³-hybridized carbons (Fsp3) is 0.550. The molecule has 1 aromatic carbocycles. The number of rotatable bonds is 7. The molecule has 1 aromatic rings. The van der Waals surface area contributed by atoms with E-state index in [4.69, 9.17) is 15.2 Å². The second-order valence-electron chi connectivity index (χ2n) is 7.91. The lowest BCUT2D eigenvalue weighted by molar-refractivity contribution is -0.147. The number of amidine groups is 1. The number of carbonyl (C=O) groups is 2. The molecule has 2 atom stereocenters. The summed E-state index contributed by atoms with van der Waals surface area (Å²) in [6, 6.07) is 6.30. The second kappa shape index (κ2) is 9.84. The Morgan fingerprint density at radius 3 is 2.44 bits per heavy atom. The molecule has 0 spiro atoms. The van der Waals surface area contributed by atoms with Gasteiger partial charge in [-0.1, -0.05) is 0 Å². The highest BCUT2D eigenvalue weighted by atomic mass is 32.2. The van der Waals surface area contributed by atoms with E-state index in [1.165, 1.54) is 12.0 Å². The van der Waals surface area contributed by atoms with E-state index >= 15 is 0 Å². The summed E-state index contributed by atoms with van der Waals surface area (Å²) in [4.78, 5) is 29.9. The van der Waals surface area contributed by atoms with Gasteiger partial charge in [-0.25, -0.2) is 13.2 Å². The number of amides is 1. The predicted molar refractivity (Wildman–Crippen MR) is 119 cm³/mol. The standard InChI is InChI=1S/C20H29N5O6S/c1-14(19(26)30-2)24-10-8-23(9-11-24)12-17-13-25(20(27)31-17)16-6-4-15(5-7-16)18(21)22-32(3,28)29/h4-7,14,17H,8-13H2,1-3H3,(H2,21,22). The van der Waals surface area contributed by atoms with E-state index < -0.39 is 16.1 Å². The number of sulfonamides is 1. The van der Waals surface area contributed by atoms with Crippen molar-refractivity contribution in [2.45, 2.75) is 19.1 Å². The van der Waals surface area contributed by atoms with Gasteiger partial charge in [0, 0.05) is 44.0 Å². The average Bonchev–Trinajstić information content (AvgIpc) is 3.12. The fourth-order valence-corrected chi connectivity index (χ4v) is 4.27. The van der Waals surface area contributed by atoms with Crippen LogP contribution in [0.5, 0.6) is 0 Å². The van der Waals surface area contributed by atoms with Crippen molar-refractivity contribution in [3.05, 3.63) is 29.8 Å². The van der Waals surface area contributed by atoms with Crippen LogP contribution < -0.4 is 10.6 Å². The molecule has 1 amide bonds. The average molecular weight is 468 g/mol. The fourth-order valence-electron chi connectivity index (χ4n) is 3.81. The zero-order valence-electron chi connectivity index (χ0n) is 18.4. The maximum Gasteiger partial charge on any atom is 0.414 e. The van der Waals surface area contributed by atoms with Gasteiger partial charge in [0.15, 0.2) is 0 Å². The molecule has 2 N–H and O–H groups in total. The minimum atomic E-state index is -3.59. The summed E-state index contributed by atoms with van der Waals surface area (Å²) in [5.74, 6) is -0.351. The van der Waals surface area contributed by atoms with Crippen LogP contribution in [0.3, 0.4) is 0 Å². The van der Waals surface area contributed by atoms with Crippen molar-refractivity contribution in [2.75, 3.05) is 57.5 Å². The van der Waals surface area contributed by atoms with E-state index in [9.17, 15) is 18.0 Å². The number of ether oxygens (including phenoxy) is 2. The highest BCUT2D eigenvalue weighted by molar-refractivity contribution is 7.89. The van der Waals surface area contributed by atoms with E-state index in [1.54, 1.807) is 24.3 Å². The number of methoxy groups -OCH3 is 1. The summed E-state index contributed by atoms with van der Waals surface area (Å²) in [6.45, 7) is 5.85. The third kappa shape index (κ3) is 5.96. The number of nitrogens with zero attached hydrogens (tertiary/aromatic N) is 4.